The fourth-order valence-electron chi connectivity index (χ4n) is 2.43. The second-order valence-electron chi connectivity index (χ2n) is 5.46. The van der Waals surface area contributed by atoms with Crippen molar-refractivity contribution < 1.29 is 14.7 Å². The quantitative estimate of drug-likeness (QED) is 0.755. The minimum atomic E-state index is -0.844. The standard InChI is InChI=1S/C13H23N3O3S/c1-15(10-2-3-10)5-4-14-13(19)16-6-7-20-9-11(16)8-12(17)18/h10-11H,2-9H2,1H3,(H,14,19)(H,17,18). The van der Waals surface area contributed by atoms with Gasteiger partial charge in [0.2, 0.25) is 0 Å². The molecule has 7 heteroatoms. The van der Waals surface area contributed by atoms with Gasteiger partial charge in [-0.15, -0.1) is 0 Å². The number of hydrogen-bond donors (Lipinski definition) is 2. The normalized spacial score (nSPS) is 22.9. The second kappa shape index (κ2) is 7.17. The van der Waals surface area contributed by atoms with E-state index >= 15 is 0 Å². The Morgan fingerprint density at radius 1 is 1.45 bits per heavy atom. The predicted octanol–water partition coefficient (Wildman–Crippen LogP) is 0.682. The van der Waals surface area contributed by atoms with Crippen molar-refractivity contribution in [2.45, 2.75) is 31.3 Å². The van der Waals surface area contributed by atoms with Crippen molar-refractivity contribution in [2.75, 3.05) is 38.2 Å². The Kier molecular flexibility index (Phi) is 5.54. The molecule has 0 aromatic carbocycles. The summed E-state index contributed by atoms with van der Waals surface area (Å²) < 4.78 is 0. The number of aliphatic carboxylic acids is 1. The molecule has 0 spiro atoms. The largest absolute Gasteiger partial charge is 0.481 e. The minimum Gasteiger partial charge on any atom is -0.481 e. The van der Waals surface area contributed by atoms with E-state index in [2.05, 4.69) is 17.3 Å². The lowest BCUT2D eigenvalue weighted by Gasteiger charge is -2.34. The highest BCUT2D eigenvalue weighted by Gasteiger charge is 2.29. The molecule has 0 bridgehead atoms. The lowest BCUT2D eigenvalue weighted by molar-refractivity contribution is -0.137. The van der Waals surface area contributed by atoms with E-state index in [9.17, 15) is 9.59 Å². The SMILES string of the molecule is CN(CCNC(=O)N1CCSCC1CC(=O)O)C1CC1. The van der Waals surface area contributed by atoms with E-state index in [1.807, 2.05) is 0 Å². The Hall–Kier alpha value is -0.950. The van der Waals surface area contributed by atoms with Crippen LogP contribution in [-0.2, 0) is 4.79 Å². The first kappa shape index (κ1) is 15.4. The van der Waals surface area contributed by atoms with Crippen LogP contribution in [0, 0.1) is 0 Å². The van der Waals surface area contributed by atoms with Gasteiger partial charge in [-0.25, -0.2) is 4.79 Å². The maximum atomic E-state index is 12.2. The van der Waals surface area contributed by atoms with Crippen LogP contribution in [0.15, 0.2) is 0 Å². The van der Waals surface area contributed by atoms with Crippen LogP contribution in [0.5, 0.6) is 0 Å². The molecule has 1 saturated carbocycles. The van der Waals surface area contributed by atoms with Crippen LogP contribution in [0.2, 0.25) is 0 Å². The van der Waals surface area contributed by atoms with E-state index in [0.717, 1.165) is 12.3 Å². The van der Waals surface area contributed by atoms with Crippen LogP contribution in [-0.4, -0.2) is 77.2 Å². The van der Waals surface area contributed by atoms with Gasteiger partial charge in [0.15, 0.2) is 0 Å². The maximum Gasteiger partial charge on any atom is 0.317 e. The van der Waals surface area contributed by atoms with Gasteiger partial charge in [-0.2, -0.15) is 11.8 Å². The molecule has 1 atom stereocenters. The van der Waals surface area contributed by atoms with E-state index < -0.39 is 5.97 Å². The number of carbonyl (C=O) groups excluding carboxylic acids is 1. The van der Waals surface area contributed by atoms with Crippen molar-refractivity contribution in [3.63, 3.8) is 0 Å². The van der Waals surface area contributed by atoms with Crippen LogP contribution in [0.4, 0.5) is 4.79 Å². The zero-order chi connectivity index (χ0) is 14.5. The number of carboxylic acids is 1. The molecule has 1 aliphatic heterocycles. The van der Waals surface area contributed by atoms with Gasteiger partial charge in [0.25, 0.3) is 0 Å². The summed E-state index contributed by atoms with van der Waals surface area (Å²) >= 11 is 1.71. The third-order valence-electron chi connectivity index (χ3n) is 3.81. The smallest absolute Gasteiger partial charge is 0.317 e. The third kappa shape index (κ3) is 4.56. The highest BCUT2D eigenvalue weighted by Crippen LogP contribution is 2.24. The zero-order valence-corrected chi connectivity index (χ0v) is 12.7. The second-order valence-corrected chi connectivity index (χ2v) is 6.61. The average molecular weight is 301 g/mol. The van der Waals surface area contributed by atoms with Crippen molar-refractivity contribution in [1.29, 1.82) is 0 Å². The van der Waals surface area contributed by atoms with Crippen LogP contribution in [0.25, 0.3) is 0 Å². The molecule has 2 aliphatic rings. The van der Waals surface area contributed by atoms with E-state index in [1.54, 1.807) is 16.7 Å². The molecule has 1 aliphatic carbocycles. The van der Waals surface area contributed by atoms with Crippen molar-refractivity contribution in [3.05, 3.63) is 0 Å². The molecule has 0 aromatic rings. The van der Waals surface area contributed by atoms with E-state index in [1.165, 1.54) is 12.8 Å². The summed E-state index contributed by atoms with van der Waals surface area (Å²) in [6.07, 6.45) is 2.55. The van der Waals surface area contributed by atoms with Crippen molar-refractivity contribution >= 4 is 23.8 Å². The summed E-state index contributed by atoms with van der Waals surface area (Å²) in [5, 5.41) is 11.8. The van der Waals surface area contributed by atoms with Crippen LogP contribution in [0.3, 0.4) is 0 Å². The Labute approximate surface area is 123 Å². The lowest BCUT2D eigenvalue weighted by atomic mass is 10.2. The van der Waals surface area contributed by atoms with Gasteiger partial charge < -0.3 is 20.2 Å². The first-order valence-electron chi connectivity index (χ1n) is 7.12. The number of rotatable bonds is 6. The number of hydrogen-bond acceptors (Lipinski definition) is 4. The molecule has 0 aromatic heterocycles. The van der Waals surface area contributed by atoms with Crippen LogP contribution < -0.4 is 5.32 Å². The first-order chi connectivity index (χ1) is 9.58. The minimum absolute atomic E-state index is 0.0302. The first-order valence-corrected chi connectivity index (χ1v) is 8.27. The lowest BCUT2D eigenvalue weighted by Crippen LogP contribution is -2.52. The molecule has 1 unspecified atom stereocenters. The maximum absolute atomic E-state index is 12.2. The molecule has 114 valence electrons. The molecule has 2 amide bonds. The monoisotopic (exact) mass is 301 g/mol. The van der Waals surface area contributed by atoms with Crippen LogP contribution in [0.1, 0.15) is 19.3 Å². The predicted molar refractivity (Wildman–Crippen MR) is 79.1 cm³/mol. The van der Waals surface area contributed by atoms with Gasteiger partial charge in [-0.1, -0.05) is 0 Å². The number of likely N-dealkylation sites (N-methyl/N-ethyl adjacent to an activating group) is 1. The number of thioether (sulfide) groups is 1. The Morgan fingerprint density at radius 2 is 2.20 bits per heavy atom. The fourth-order valence-corrected chi connectivity index (χ4v) is 3.49. The van der Waals surface area contributed by atoms with E-state index in [0.29, 0.717) is 24.9 Å². The van der Waals surface area contributed by atoms with Gasteiger partial charge in [0, 0.05) is 37.2 Å². The zero-order valence-electron chi connectivity index (χ0n) is 11.9. The highest BCUT2D eigenvalue weighted by molar-refractivity contribution is 7.99. The number of amides is 2. The molecular formula is C13H23N3O3S. The van der Waals surface area contributed by atoms with Crippen LogP contribution >= 0.6 is 11.8 Å². The Morgan fingerprint density at radius 3 is 2.85 bits per heavy atom. The molecule has 2 N–H and O–H groups in total. The van der Waals surface area contributed by atoms with Crippen molar-refractivity contribution in [2.24, 2.45) is 0 Å². The Bertz CT molecular complexity index is 363. The number of urea groups is 1. The average Bonchev–Trinajstić information content (AvgIpc) is 3.22. The van der Waals surface area contributed by atoms with Gasteiger partial charge in [0.05, 0.1) is 12.5 Å². The number of nitrogens with zero attached hydrogens (tertiary/aromatic N) is 2. The number of carboxylic acid groups (broad SMARTS) is 1. The van der Waals surface area contributed by atoms with Crippen molar-refractivity contribution in [1.82, 2.24) is 15.1 Å². The summed E-state index contributed by atoms with van der Waals surface area (Å²) in [5.74, 6) is 0.747. The highest BCUT2D eigenvalue weighted by atomic mass is 32.2. The summed E-state index contributed by atoms with van der Waals surface area (Å²) in [4.78, 5) is 26.9. The fraction of sp³-hybridized carbons (Fsp3) is 0.846. The summed E-state index contributed by atoms with van der Waals surface area (Å²) in [6.45, 7) is 2.10. The van der Waals surface area contributed by atoms with Gasteiger partial charge in [-0.05, 0) is 19.9 Å². The number of nitrogens with one attached hydrogen (secondary N) is 1. The Balaban J connectivity index is 1.74. The number of carbonyl (C=O) groups is 2. The third-order valence-corrected chi connectivity index (χ3v) is 4.90. The molecular weight excluding hydrogens is 278 g/mol. The van der Waals surface area contributed by atoms with Gasteiger partial charge >= 0.3 is 12.0 Å². The molecule has 1 heterocycles. The van der Waals surface area contributed by atoms with Crippen molar-refractivity contribution in [3.8, 4) is 0 Å². The summed E-state index contributed by atoms with van der Waals surface area (Å²) in [7, 11) is 2.08. The molecule has 0 radical (unpaired) electrons. The summed E-state index contributed by atoms with van der Waals surface area (Å²) in [6, 6.07) is 0.381. The summed E-state index contributed by atoms with van der Waals surface area (Å²) in [5.41, 5.74) is 0. The molecule has 1 saturated heterocycles. The molecule has 6 nitrogen and oxygen atoms in total. The molecule has 2 fully saturated rings. The van der Waals surface area contributed by atoms with Gasteiger partial charge in [-0.3, -0.25) is 4.79 Å². The van der Waals surface area contributed by atoms with Gasteiger partial charge in [0.1, 0.15) is 0 Å². The molecule has 20 heavy (non-hydrogen) atoms. The molecule has 2 rings (SSSR count). The topological polar surface area (TPSA) is 72.9 Å². The van der Waals surface area contributed by atoms with E-state index in [4.69, 9.17) is 5.11 Å². The van der Waals surface area contributed by atoms with E-state index in [-0.39, 0.29) is 18.5 Å².